The van der Waals surface area contributed by atoms with Crippen LogP contribution in [0.5, 0.6) is 0 Å². The maximum absolute atomic E-state index is 11.0. The van der Waals surface area contributed by atoms with Crippen molar-refractivity contribution < 1.29 is 19.8 Å². The summed E-state index contributed by atoms with van der Waals surface area (Å²) in [4.78, 5) is 22.0. The first-order chi connectivity index (χ1) is 10.5. The lowest BCUT2D eigenvalue weighted by Gasteiger charge is -2.01. The van der Waals surface area contributed by atoms with E-state index in [4.69, 9.17) is 10.2 Å². The van der Waals surface area contributed by atoms with Gasteiger partial charge in [-0.25, -0.2) is 9.59 Å². The molecular weight excluding hydrogens is 286 g/mol. The fourth-order valence-electron chi connectivity index (χ4n) is 1.73. The summed E-state index contributed by atoms with van der Waals surface area (Å²) >= 11 is 0. The quantitative estimate of drug-likeness (QED) is 0.731. The van der Waals surface area contributed by atoms with E-state index >= 15 is 0 Å². The number of nitrogens with zero attached hydrogens (tertiary/aromatic N) is 2. The standard InChI is InChI=1S/C15H13N3O4/c1-16-11-2-4-12(5-3-11)17-18-13-7-9(14(19)20)6-10(8-13)15(21)22/h2-8,16H,1H3,(H,19,20)(H,21,22). The van der Waals surface area contributed by atoms with Crippen molar-refractivity contribution in [2.24, 2.45) is 10.2 Å². The molecule has 0 spiro atoms. The van der Waals surface area contributed by atoms with E-state index in [1.807, 2.05) is 12.1 Å². The molecular formula is C15H13N3O4. The molecule has 0 unspecified atom stereocenters. The van der Waals surface area contributed by atoms with E-state index in [0.717, 1.165) is 11.8 Å². The first kappa shape index (κ1) is 15.2. The van der Waals surface area contributed by atoms with Gasteiger partial charge in [0.2, 0.25) is 0 Å². The van der Waals surface area contributed by atoms with E-state index in [-0.39, 0.29) is 16.8 Å². The topological polar surface area (TPSA) is 111 Å². The molecule has 0 aliphatic rings. The van der Waals surface area contributed by atoms with Crippen LogP contribution in [-0.4, -0.2) is 29.2 Å². The van der Waals surface area contributed by atoms with Crippen molar-refractivity contribution in [1.29, 1.82) is 0 Å². The molecule has 2 rings (SSSR count). The van der Waals surface area contributed by atoms with Gasteiger partial charge < -0.3 is 15.5 Å². The van der Waals surface area contributed by atoms with Gasteiger partial charge in [-0.3, -0.25) is 0 Å². The number of carbonyl (C=O) groups is 2. The van der Waals surface area contributed by atoms with Gasteiger partial charge in [-0.05, 0) is 42.5 Å². The van der Waals surface area contributed by atoms with Crippen LogP contribution < -0.4 is 5.32 Å². The molecule has 7 heteroatoms. The summed E-state index contributed by atoms with van der Waals surface area (Å²) in [6, 6.07) is 10.7. The number of nitrogens with one attached hydrogen (secondary N) is 1. The SMILES string of the molecule is CNc1ccc(N=Nc2cc(C(=O)O)cc(C(=O)O)c2)cc1. The first-order valence-electron chi connectivity index (χ1n) is 6.31. The highest BCUT2D eigenvalue weighted by atomic mass is 16.4. The summed E-state index contributed by atoms with van der Waals surface area (Å²) in [5, 5.41) is 28.8. The molecule has 0 saturated carbocycles. The molecule has 0 atom stereocenters. The number of aromatic carboxylic acids is 2. The normalized spacial score (nSPS) is 10.6. The zero-order valence-electron chi connectivity index (χ0n) is 11.6. The molecule has 2 aromatic carbocycles. The van der Waals surface area contributed by atoms with Gasteiger partial charge in [-0.15, -0.1) is 0 Å². The Kier molecular flexibility index (Phi) is 4.47. The molecule has 7 nitrogen and oxygen atoms in total. The molecule has 0 amide bonds. The summed E-state index contributed by atoms with van der Waals surface area (Å²) in [6.45, 7) is 0. The Morgan fingerprint density at radius 2 is 1.36 bits per heavy atom. The van der Waals surface area contributed by atoms with Crippen LogP contribution in [0.1, 0.15) is 20.7 Å². The molecule has 0 aliphatic carbocycles. The second kappa shape index (κ2) is 6.49. The Hall–Kier alpha value is -3.22. The van der Waals surface area contributed by atoms with Gasteiger partial charge in [0.25, 0.3) is 0 Å². The third kappa shape index (κ3) is 3.66. The van der Waals surface area contributed by atoms with Crippen LogP contribution >= 0.6 is 0 Å². The Labute approximate surface area is 125 Å². The molecule has 0 aromatic heterocycles. The van der Waals surface area contributed by atoms with Crippen molar-refractivity contribution in [1.82, 2.24) is 0 Å². The minimum Gasteiger partial charge on any atom is -0.478 e. The third-order valence-corrected chi connectivity index (χ3v) is 2.85. The largest absolute Gasteiger partial charge is 0.478 e. The predicted octanol–water partition coefficient (Wildman–Crippen LogP) is 3.54. The van der Waals surface area contributed by atoms with Crippen LogP contribution in [0.2, 0.25) is 0 Å². The van der Waals surface area contributed by atoms with Crippen molar-refractivity contribution in [3.8, 4) is 0 Å². The van der Waals surface area contributed by atoms with Crippen molar-refractivity contribution >= 4 is 29.0 Å². The molecule has 0 saturated heterocycles. The van der Waals surface area contributed by atoms with Crippen LogP contribution in [0.15, 0.2) is 52.7 Å². The molecule has 112 valence electrons. The number of carboxylic acids is 2. The molecule has 0 heterocycles. The lowest BCUT2D eigenvalue weighted by atomic mass is 10.1. The van der Waals surface area contributed by atoms with Crippen molar-refractivity contribution in [2.75, 3.05) is 12.4 Å². The summed E-state index contributed by atoms with van der Waals surface area (Å²) < 4.78 is 0. The Morgan fingerprint density at radius 3 is 1.82 bits per heavy atom. The van der Waals surface area contributed by atoms with E-state index in [9.17, 15) is 9.59 Å². The van der Waals surface area contributed by atoms with Crippen molar-refractivity contribution in [3.05, 3.63) is 53.6 Å². The van der Waals surface area contributed by atoms with Crippen LogP contribution in [0.4, 0.5) is 17.1 Å². The Balaban J connectivity index is 2.32. The van der Waals surface area contributed by atoms with Crippen LogP contribution in [-0.2, 0) is 0 Å². The minimum absolute atomic E-state index is 0.153. The lowest BCUT2D eigenvalue weighted by Crippen LogP contribution is -2.01. The van der Waals surface area contributed by atoms with Crippen LogP contribution in [0, 0.1) is 0 Å². The first-order valence-corrected chi connectivity index (χ1v) is 6.31. The summed E-state index contributed by atoms with van der Waals surface area (Å²) in [5.41, 5.74) is 1.34. The summed E-state index contributed by atoms with van der Waals surface area (Å²) in [6.07, 6.45) is 0. The smallest absolute Gasteiger partial charge is 0.335 e. The number of hydrogen-bond donors (Lipinski definition) is 3. The number of anilines is 1. The molecule has 2 aromatic rings. The zero-order chi connectivity index (χ0) is 16.1. The van der Waals surface area contributed by atoms with Gasteiger partial charge in [0.05, 0.1) is 22.5 Å². The van der Waals surface area contributed by atoms with Gasteiger partial charge in [-0.2, -0.15) is 10.2 Å². The van der Waals surface area contributed by atoms with Crippen molar-refractivity contribution in [3.63, 3.8) is 0 Å². The van der Waals surface area contributed by atoms with E-state index < -0.39 is 11.9 Å². The van der Waals surface area contributed by atoms with E-state index in [1.165, 1.54) is 12.1 Å². The van der Waals surface area contributed by atoms with Gasteiger partial charge in [0, 0.05) is 12.7 Å². The Bertz CT molecular complexity index is 707. The number of rotatable bonds is 5. The fraction of sp³-hybridized carbons (Fsp3) is 0.0667. The van der Waals surface area contributed by atoms with Gasteiger partial charge in [-0.1, -0.05) is 0 Å². The minimum atomic E-state index is -1.22. The lowest BCUT2D eigenvalue weighted by molar-refractivity contribution is 0.0696. The zero-order valence-corrected chi connectivity index (χ0v) is 11.6. The number of azo groups is 1. The average molecular weight is 299 g/mol. The Morgan fingerprint density at radius 1 is 0.864 bits per heavy atom. The predicted molar refractivity (Wildman–Crippen MR) is 80.5 cm³/mol. The maximum Gasteiger partial charge on any atom is 0.335 e. The summed E-state index contributed by atoms with van der Waals surface area (Å²) in [7, 11) is 1.79. The van der Waals surface area contributed by atoms with Crippen LogP contribution in [0.3, 0.4) is 0 Å². The molecule has 0 aliphatic heterocycles. The fourth-order valence-corrected chi connectivity index (χ4v) is 1.73. The van der Waals surface area contributed by atoms with Gasteiger partial charge in [0.15, 0.2) is 0 Å². The highest BCUT2D eigenvalue weighted by Crippen LogP contribution is 2.22. The van der Waals surface area contributed by atoms with E-state index in [0.29, 0.717) is 5.69 Å². The average Bonchev–Trinajstić information content (AvgIpc) is 2.53. The number of benzene rings is 2. The second-order valence-corrected chi connectivity index (χ2v) is 4.38. The summed E-state index contributed by atoms with van der Waals surface area (Å²) in [5.74, 6) is -2.45. The highest BCUT2D eigenvalue weighted by molar-refractivity contribution is 5.95. The van der Waals surface area contributed by atoms with E-state index in [2.05, 4.69) is 15.5 Å². The molecule has 0 bridgehead atoms. The van der Waals surface area contributed by atoms with Crippen LogP contribution in [0.25, 0.3) is 0 Å². The molecule has 0 radical (unpaired) electrons. The van der Waals surface area contributed by atoms with Gasteiger partial charge >= 0.3 is 11.9 Å². The molecule has 3 N–H and O–H groups in total. The molecule has 0 fully saturated rings. The van der Waals surface area contributed by atoms with Gasteiger partial charge in [0.1, 0.15) is 0 Å². The molecule has 22 heavy (non-hydrogen) atoms. The maximum atomic E-state index is 11.0. The number of hydrogen-bond acceptors (Lipinski definition) is 5. The van der Waals surface area contributed by atoms with Crippen molar-refractivity contribution in [2.45, 2.75) is 0 Å². The monoisotopic (exact) mass is 299 g/mol. The second-order valence-electron chi connectivity index (χ2n) is 4.38. The van der Waals surface area contributed by atoms with E-state index in [1.54, 1.807) is 19.2 Å². The highest BCUT2D eigenvalue weighted by Gasteiger charge is 2.11. The third-order valence-electron chi connectivity index (χ3n) is 2.85. The number of carboxylic acid groups (broad SMARTS) is 2.